The molecule has 0 spiro atoms. The highest BCUT2D eigenvalue weighted by atomic mass is 16.4. The van der Waals surface area contributed by atoms with Crippen LogP contribution in [0.3, 0.4) is 0 Å². The van der Waals surface area contributed by atoms with Crippen LogP contribution in [0, 0.1) is 0 Å². The minimum Gasteiger partial charge on any atom is -0.478 e. The zero-order valence-corrected chi connectivity index (χ0v) is 12.7. The maximum atomic E-state index is 11.2. The summed E-state index contributed by atoms with van der Waals surface area (Å²) in [4.78, 5) is 15.8. The van der Waals surface area contributed by atoms with Gasteiger partial charge < -0.3 is 14.8 Å². The summed E-state index contributed by atoms with van der Waals surface area (Å²) in [7, 11) is 0. The van der Waals surface area contributed by atoms with Crippen molar-refractivity contribution in [3.63, 3.8) is 0 Å². The number of aliphatic hydroxyl groups excluding tert-OH is 1. The van der Waals surface area contributed by atoms with Crippen LogP contribution in [-0.2, 0) is 0 Å². The number of carboxylic acid groups (broad SMARTS) is 1. The Hall–Kier alpha value is -1.88. The Morgan fingerprint density at radius 1 is 1.38 bits per heavy atom. The van der Waals surface area contributed by atoms with Crippen molar-refractivity contribution in [2.45, 2.75) is 45.6 Å². The number of rotatable bonds is 6. The third-order valence-electron chi connectivity index (χ3n) is 3.78. The molecule has 0 aliphatic heterocycles. The lowest BCUT2D eigenvalue weighted by Crippen LogP contribution is -2.14. The summed E-state index contributed by atoms with van der Waals surface area (Å²) in [5.41, 5.74) is 1.90. The minimum absolute atomic E-state index is 0.105. The lowest BCUT2D eigenvalue weighted by atomic mass is 10.1. The Morgan fingerprint density at radius 2 is 2.10 bits per heavy atom. The number of carboxylic acids is 1. The van der Waals surface area contributed by atoms with Crippen molar-refractivity contribution in [3.05, 3.63) is 29.6 Å². The second-order valence-corrected chi connectivity index (χ2v) is 5.58. The maximum absolute atomic E-state index is 11.2. The van der Waals surface area contributed by atoms with E-state index < -0.39 is 5.97 Å². The molecule has 0 radical (unpaired) electrons. The highest BCUT2D eigenvalue weighted by molar-refractivity contribution is 5.92. The predicted octanol–water partition coefficient (Wildman–Crippen LogP) is 3.19. The number of hydrogen-bond donors (Lipinski definition) is 2. The van der Waals surface area contributed by atoms with E-state index in [4.69, 9.17) is 0 Å². The van der Waals surface area contributed by atoms with Crippen molar-refractivity contribution < 1.29 is 15.0 Å². The van der Waals surface area contributed by atoms with Gasteiger partial charge in [-0.05, 0) is 31.0 Å². The molecule has 1 atom stereocenters. The second kappa shape index (κ2) is 6.26. The molecule has 0 saturated heterocycles. The number of aromatic carboxylic acids is 1. The predicted molar refractivity (Wildman–Crippen MR) is 81.8 cm³/mol. The second-order valence-electron chi connectivity index (χ2n) is 5.58. The zero-order valence-electron chi connectivity index (χ0n) is 12.7. The van der Waals surface area contributed by atoms with Gasteiger partial charge in [-0.3, -0.25) is 0 Å². The molecule has 5 heteroatoms. The third kappa shape index (κ3) is 2.93. The van der Waals surface area contributed by atoms with Crippen molar-refractivity contribution in [1.82, 2.24) is 9.55 Å². The molecule has 2 N–H and O–H groups in total. The van der Waals surface area contributed by atoms with E-state index in [1.54, 1.807) is 18.2 Å². The highest BCUT2D eigenvalue weighted by Gasteiger charge is 2.20. The largest absolute Gasteiger partial charge is 0.478 e. The molecule has 0 saturated carbocycles. The van der Waals surface area contributed by atoms with Gasteiger partial charge in [0, 0.05) is 18.6 Å². The van der Waals surface area contributed by atoms with Gasteiger partial charge in [0.25, 0.3) is 0 Å². The van der Waals surface area contributed by atoms with Gasteiger partial charge in [0.1, 0.15) is 5.82 Å². The summed E-state index contributed by atoms with van der Waals surface area (Å²) in [6.45, 7) is 6.31. The molecular weight excluding hydrogens is 268 g/mol. The molecule has 0 fully saturated rings. The van der Waals surface area contributed by atoms with Crippen molar-refractivity contribution >= 4 is 17.0 Å². The summed E-state index contributed by atoms with van der Waals surface area (Å²) in [6, 6.07) is 5.14. The average Bonchev–Trinajstić information content (AvgIpc) is 2.83. The smallest absolute Gasteiger partial charge is 0.335 e. The van der Waals surface area contributed by atoms with Gasteiger partial charge >= 0.3 is 5.97 Å². The summed E-state index contributed by atoms with van der Waals surface area (Å²) < 4.78 is 2.10. The van der Waals surface area contributed by atoms with E-state index in [0.717, 1.165) is 23.3 Å². The van der Waals surface area contributed by atoms with Gasteiger partial charge in [-0.15, -0.1) is 0 Å². The van der Waals surface area contributed by atoms with Gasteiger partial charge in [0.15, 0.2) is 0 Å². The Kier molecular flexibility index (Phi) is 4.63. The van der Waals surface area contributed by atoms with E-state index in [-0.39, 0.29) is 24.1 Å². The molecule has 114 valence electrons. The van der Waals surface area contributed by atoms with Crippen LogP contribution in [0.25, 0.3) is 11.0 Å². The maximum Gasteiger partial charge on any atom is 0.335 e. The molecule has 2 aromatic rings. The molecule has 1 aromatic carbocycles. The molecular formula is C16H22N2O3. The first kappa shape index (κ1) is 15.5. The number of carbonyl (C=O) groups is 1. The van der Waals surface area contributed by atoms with Gasteiger partial charge in [-0.1, -0.05) is 20.8 Å². The minimum atomic E-state index is -0.939. The summed E-state index contributed by atoms with van der Waals surface area (Å²) in [5, 5.41) is 18.5. The molecule has 21 heavy (non-hydrogen) atoms. The number of benzene rings is 1. The Morgan fingerprint density at radius 3 is 2.62 bits per heavy atom. The van der Waals surface area contributed by atoms with Crippen LogP contribution in [-0.4, -0.2) is 32.3 Å². The third-order valence-corrected chi connectivity index (χ3v) is 3.78. The SMILES string of the molecule is CCC(CCO)n1c(C(C)C)nc2ccc(C(=O)O)cc21. The number of aromatic nitrogens is 2. The van der Waals surface area contributed by atoms with E-state index in [1.165, 1.54) is 0 Å². The van der Waals surface area contributed by atoms with Crippen LogP contribution in [0.5, 0.6) is 0 Å². The molecule has 0 amide bonds. The van der Waals surface area contributed by atoms with Crippen LogP contribution >= 0.6 is 0 Å². The standard InChI is InChI=1S/C16H22N2O3/c1-4-12(7-8-19)18-14-9-11(16(20)21)5-6-13(14)17-15(18)10(2)3/h5-6,9-10,12,19H,4,7-8H2,1-3H3,(H,20,21). The van der Waals surface area contributed by atoms with Crippen LogP contribution in [0.4, 0.5) is 0 Å². The molecule has 0 bridgehead atoms. The van der Waals surface area contributed by atoms with Crippen LogP contribution in [0.2, 0.25) is 0 Å². The van der Waals surface area contributed by atoms with Crippen LogP contribution < -0.4 is 0 Å². The number of hydrogen-bond acceptors (Lipinski definition) is 3. The van der Waals surface area contributed by atoms with Gasteiger partial charge in [-0.25, -0.2) is 9.78 Å². The first-order valence-corrected chi connectivity index (χ1v) is 7.35. The van der Waals surface area contributed by atoms with E-state index in [2.05, 4.69) is 30.3 Å². The lowest BCUT2D eigenvalue weighted by molar-refractivity contribution is 0.0697. The van der Waals surface area contributed by atoms with Crippen LogP contribution in [0.1, 0.15) is 61.8 Å². The summed E-state index contributed by atoms with van der Waals surface area (Å²) >= 11 is 0. The Balaban J connectivity index is 2.69. The van der Waals surface area contributed by atoms with Crippen LogP contribution in [0.15, 0.2) is 18.2 Å². The zero-order chi connectivity index (χ0) is 15.6. The number of fused-ring (bicyclic) bond motifs is 1. The summed E-state index contributed by atoms with van der Waals surface area (Å²) in [6.07, 6.45) is 1.50. The molecule has 0 aliphatic carbocycles. The van der Waals surface area contributed by atoms with E-state index >= 15 is 0 Å². The number of nitrogens with zero attached hydrogens (tertiary/aromatic N) is 2. The molecule has 0 aliphatic rings. The Bertz CT molecular complexity index is 646. The Labute approximate surface area is 124 Å². The fraction of sp³-hybridized carbons (Fsp3) is 0.500. The quantitative estimate of drug-likeness (QED) is 0.856. The van der Waals surface area contributed by atoms with Gasteiger partial charge in [0.05, 0.1) is 16.6 Å². The first-order chi connectivity index (χ1) is 9.99. The summed E-state index contributed by atoms with van der Waals surface area (Å²) in [5.74, 6) is 0.234. The van der Waals surface area contributed by atoms with E-state index in [0.29, 0.717) is 6.42 Å². The number of imidazole rings is 1. The first-order valence-electron chi connectivity index (χ1n) is 7.35. The fourth-order valence-electron chi connectivity index (χ4n) is 2.70. The van der Waals surface area contributed by atoms with Crippen molar-refractivity contribution in [2.75, 3.05) is 6.61 Å². The van der Waals surface area contributed by atoms with E-state index in [9.17, 15) is 15.0 Å². The normalized spacial score (nSPS) is 13.0. The molecule has 1 heterocycles. The van der Waals surface area contributed by atoms with E-state index in [1.807, 2.05) is 0 Å². The molecule has 1 unspecified atom stereocenters. The topological polar surface area (TPSA) is 75.3 Å². The van der Waals surface area contributed by atoms with Crippen molar-refractivity contribution in [3.8, 4) is 0 Å². The molecule has 1 aromatic heterocycles. The molecule has 2 rings (SSSR count). The van der Waals surface area contributed by atoms with Gasteiger partial charge in [-0.2, -0.15) is 0 Å². The van der Waals surface area contributed by atoms with Crippen molar-refractivity contribution in [1.29, 1.82) is 0 Å². The van der Waals surface area contributed by atoms with Gasteiger partial charge in [0.2, 0.25) is 0 Å². The fourth-order valence-corrected chi connectivity index (χ4v) is 2.70. The highest BCUT2D eigenvalue weighted by Crippen LogP contribution is 2.29. The lowest BCUT2D eigenvalue weighted by Gasteiger charge is -2.21. The molecule has 5 nitrogen and oxygen atoms in total. The monoisotopic (exact) mass is 290 g/mol. The average molecular weight is 290 g/mol. The van der Waals surface area contributed by atoms with Crippen molar-refractivity contribution in [2.24, 2.45) is 0 Å². The number of aliphatic hydroxyl groups is 1.